The molecule has 0 radical (unpaired) electrons. The Labute approximate surface area is 181 Å². The van der Waals surface area contributed by atoms with Crippen LogP contribution in [-0.4, -0.2) is 29.9 Å². The van der Waals surface area contributed by atoms with Gasteiger partial charge in [0.25, 0.3) is 0 Å². The second kappa shape index (κ2) is 9.50. The van der Waals surface area contributed by atoms with Crippen molar-refractivity contribution in [2.75, 3.05) is 19.5 Å². The molecule has 0 saturated carbocycles. The number of anilines is 1. The summed E-state index contributed by atoms with van der Waals surface area (Å²) in [5.74, 6) is 0.902. The zero-order valence-electron chi connectivity index (χ0n) is 17.4. The lowest BCUT2D eigenvalue weighted by molar-refractivity contribution is -0.111. The van der Waals surface area contributed by atoms with Crippen molar-refractivity contribution in [2.45, 2.75) is 20.4 Å². The summed E-state index contributed by atoms with van der Waals surface area (Å²) in [6.45, 7) is 4.45. The van der Waals surface area contributed by atoms with E-state index in [4.69, 9.17) is 21.1 Å². The van der Waals surface area contributed by atoms with Crippen LogP contribution in [0.25, 0.3) is 6.08 Å². The standard InChI is InChI=1S/C23H24ClN3O3/c1-15-19(16(2)27(26-15)14-17-7-5-6-8-20(17)24)10-12-23(28)25-21-13-18(29-3)9-11-22(21)30-4/h5-13H,14H2,1-4H3,(H,25,28)/b12-10+. The van der Waals surface area contributed by atoms with Gasteiger partial charge in [-0.3, -0.25) is 9.48 Å². The van der Waals surface area contributed by atoms with Gasteiger partial charge in [0.15, 0.2) is 0 Å². The third kappa shape index (κ3) is 4.83. The molecule has 156 valence electrons. The van der Waals surface area contributed by atoms with E-state index in [0.717, 1.165) is 22.5 Å². The average molecular weight is 426 g/mol. The van der Waals surface area contributed by atoms with Crippen LogP contribution < -0.4 is 14.8 Å². The lowest BCUT2D eigenvalue weighted by Gasteiger charge is -2.10. The van der Waals surface area contributed by atoms with Crippen molar-refractivity contribution in [2.24, 2.45) is 0 Å². The minimum atomic E-state index is -0.279. The van der Waals surface area contributed by atoms with Gasteiger partial charge in [-0.15, -0.1) is 0 Å². The molecule has 1 N–H and O–H groups in total. The summed E-state index contributed by atoms with van der Waals surface area (Å²) < 4.78 is 12.4. The van der Waals surface area contributed by atoms with Crippen molar-refractivity contribution < 1.29 is 14.3 Å². The number of benzene rings is 2. The number of carbonyl (C=O) groups is 1. The Kier molecular flexibility index (Phi) is 6.79. The lowest BCUT2D eigenvalue weighted by Crippen LogP contribution is -2.09. The zero-order chi connectivity index (χ0) is 21.7. The number of hydrogen-bond acceptors (Lipinski definition) is 4. The molecule has 3 aromatic rings. The van der Waals surface area contributed by atoms with E-state index in [1.54, 1.807) is 38.5 Å². The maximum Gasteiger partial charge on any atom is 0.248 e. The predicted molar refractivity (Wildman–Crippen MR) is 119 cm³/mol. The highest BCUT2D eigenvalue weighted by Crippen LogP contribution is 2.29. The number of nitrogens with zero attached hydrogens (tertiary/aromatic N) is 2. The first-order valence-corrected chi connectivity index (χ1v) is 9.79. The second-order valence-electron chi connectivity index (χ2n) is 6.72. The molecule has 1 amide bonds. The fraction of sp³-hybridized carbons (Fsp3) is 0.217. The van der Waals surface area contributed by atoms with Crippen LogP contribution in [0.2, 0.25) is 5.02 Å². The van der Waals surface area contributed by atoms with E-state index >= 15 is 0 Å². The Morgan fingerprint density at radius 1 is 1.17 bits per heavy atom. The van der Waals surface area contributed by atoms with Gasteiger partial charge in [-0.2, -0.15) is 5.10 Å². The molecule has 0 saturated heterocycles. The number of aryl methyl sites for hydroxylation is 1. The molecule has 1 heterocycles. The van der Waals surface area contributed by atoms with Gasteiger partial charge in [0, 0.05) is 28.4 Å². The minimum absolute atomic E-state index is 0.279. The van der Waals surface area contributed by atoms with E-state index in [2.05, 4.69) is 10.4 Å². The summed E-state index contributed by atoms with van der Waals surface area (Å²) in [5.41, 5.74) is 4.21. The quantitative estimate of drug-likeness (QED) is 0.548. The van der Waals surface area contributed by atoms with E-state index in [1.807, 2.05) is 42.8 Å². The van der Waals surface area contributed by atoms with Crippen molar-refractivity contribution in [3.8, 4) is 11.5 Å². The summed E-state index contributed by atoms with van der Waals surface area (Å²) in [7, 11) is 3.12. The van der Waals surface area contributed by atoms with Crippen LogP contribution >= 0.6 is 11.6 Å². The van der Waals surface area contributed by atoms with Gasteiger partial charge in [0.1, 0.15) is 11.5 Å². The molecule has 0 spiro atoms. The molecule has 3 rings (SSSR count). The highest BCUT2D eigenvalue weighted by molar-refractivity contribution is 6.31. The van der Waals surface area contributed by atoms with Crippen molar-refractivity contribution >= 4 is 29.3 Å². The predicted octanol–water partition coefficient (Wildman–Crippen LogP) is 4.87. The first-order valence-electron chi connectivity index (χ1n) is 9.41. The molecule has 0 atom stereocenters. The fourth-order valence-electron chi connectivity index (χ4n) is 3.14. The molecule has 0 fully saturated rings. The summed E-state index contributed by atoms with van der Waals surface area (Å²) >= 11 is 6.27. The number of nitrogens with one attached hydrogen (secondary N) is 1. The van der Waals surface area contributed by atoms with Crippen molar-refractivity contribution in [1.29, 1.82) is 0 Å². The topological polar surface area (TPSA) is 65.4 Å². The third-order valence-corrected chi connectivity index (χ3v) is 5.15. The highest BCUT2D eigenvalue weighted by atomic mass is 35.5. The molecule has 0 bridgehead atoms. The second-order valence-corrected chi connectivity index (χ2v) is 7.13. The summed E-state index contributed by atoms with van der Waals surface area (Å²) in [6, 6.07) is 12.9. The van der Waals surface area contributed by atoms with Gasteiger partial charge in [-0.1, -0.05) is 29.8 Å². The normalized spacial score (nSPS) is 11.0. The van der Waals surface area contributed by atoms with Crippen LogP contribution in [0.4, 0.5) is 5.69 Å². The number of amides is 1. The van der Waals surface area contributed by atoms with Gasteiger partial charge in [-0.05, 0) is 43.7 Å². The molecule has 1 aromatic heterocycles. The Morgan fingerprint density at radius 2 is 1.93 bits per heavy atom. The van der Waals surface area contributed by atoms with Gasteiger partial charge in [0.2, 0.25) is 5.91 Å². The lowest BCUT2D eigenvalue weighted by atomic mass is 10.1. The molecular formula is C23H24ClN3O3. The molecule has 0 aliphatic rings. The molecule has 0 aliphatic heterocycles. The molecule has 0 aliphatic carbocycles. The number of methoxy groups -OCH3 is 2. The first-order chi connectivity index (χ1) is 14.4. The molecular weight excluding hydrogens is 402 g/mol. The van der Waals surface area contributed by atoms with Crippen molar-refractivity contribution in [3.63, 3.8) is 0 Å². The molecule has 7 heteroatoms. The fourth-order valence-corrected chi connectivity index (χ4v) is 3.33. The largest absolute Gasteiger partial charge is 0.497 e. The molecule has 30 heavy (non-hydrogen) atoms. The van der Waals surface area contributed by atoms with E-state index in [9.17, 15) is 4.79 Å². The van der Waals surface area contributed by atoms with E-state index < -0.39 is 0 Å². The Bertz CT molecular complexity index is 1090. The molecule has 6 nitrogen and oxygen atoms in total. The third-order valence-electron chi connectivity index (χ3n) is 4.78. The highest BCUT2D eigenvalue weighted by Gasteiger charge is 2.12. The van der Waals surface area contributed by atoms with Crippen LogP contribution in [0.1, 0.15) is 22.5 Å². The van der Waals surface area contributed by atoms with Crippen LogP contribution in [0.15, 0.2) is 48.5 Å². The first kappa shape index (κ1) is 21.5. The zero-order valence-corrected chi connectivity index (χ0v) is 18.2. The number of halogens is 1. The Balaban J connectivity index is 1.77. The SMILES string of the molecule is COc1ccc(OC)c(NC(=O)/C=C/c2c(C)nn(Cc3ccccc3Cl)c2C)c1. The van der Waals surface area contributed by atoms with E-state index in [-0.39, 0.29) is 5.91 Å². The van der Waals surface area contributed by atoms with Crippen LogP contribution in [0.5, 0.6) is 11.5 Å². The molecule has 2 aromatic carbocycles. The maximum atomic E-state index is 12.5. The summed E-state index contributed by atoms with van der Waals surface area (Å²) in [5, 5.41) is 8.12. The van der Waals surface area contributed by atoms with Crippen molar-refractivity contribution in [3.05, 3.63) is 76.1 Å². The van der Waals surface area contributed by atoms with Gasteiger partial charge < -0.3 is 14.8 Å². The summed E-state index contributed by atoms with van der Waals surface area (Å²) in [4.78, 5) is 12.5. The van der Waals surface area contributed by atoms with Crippen molar-refractivity contribution in [1.82, 2.24) is 9.78 Å². The number of rotatable bonds is 7. The van der Waals surface area contributed by atoms with Gasteiger partial charge in [-0.25, -0.2) is 0 Å². The monoisotopic (exact) mass is 425 g/mol. The smallest absolute Gasteiger partial charge is 0.248 e. The number of aromatic nitrogens is 2. The van der Waals surface area contributed by atoms with E-state index in [1.165, 1.54) is 6.08 Å². The van der Waals surface area contributed by atoms with Crippen LogP contribution in [0, 0.1) is 13.8 Å². The van der Waals surface area contributed by atoms with Gasteiger partial charge >= 0.3 is 0 Å². The Morgan fingerprint density at radius 3 is 2.63 bits per heavy atom. The van der Waals surface area contributed by atoms with E-state index in [0.29, 0.717) is 28.8 Å². The van der Waals surface area contributed by atoms with Crippen LogP contribution in [-0.2, 0) is 11.3 Å². The number of hydrogen-bond donors (Lipinski definition) is 1. The molecule has 0 unspecified atom stereocenters. The van der Waals surface area contributed by atoms with Crippen LogP contribution in [0.3, 0.4) is 0 Å². The van der Waals surface area contributed by atoms with Gasteiger partial charge in [0.05, 0.1) is 32.1 Å². The average Bonchev–Trinajstić information content (AvgIpc) is 3.00. The number of carbonyl (C=O) groups excluding carboxylic acids is 1. The number of ether oxygens (including phenoxy) is 2. The maximum absolute atomic E-state index is 12.5. The minimum Gasteiger partial charge on any atom is -0.497 e. The summed E-state index contributed by atoms with van der Waals surface area (Å²) in [6.07, 6.45) is 3.25. The Hall–Kier alpha value is -3.25.